The quantitative estimate of drug-likeness (QED) is 0.828. The summed E-state index contributed by atoms with van der Waals surface area (Å²) in [6.45, 7) is 0. The number of hydrogen-bond donors (Lipinski definition) is 2. The van der Waals surface area contributed by atoms with Crippen LogP contribution < -0.4 is 11.1 Å². The summed E-state index contributed by atoms with van der Waals surface area (Å²) in [4.78, 5) is 15.7. The van der Waals surface area contributed by atoms with Gasteiger partial charge in [-0.3, -0.25) is 0 Å². The smallest absolute Gasteiger partial charge is 0.340 e. The zero-order valence-electron chi connectivity index (χ0n) is 11.1. The molecule has 1 heterocycles. The molecule has 0 unspecified atom stereocenters. The van der Waals surface area contributed by atoms with Gasteiger partial charge < -0.3 is 15.8 Å². The summed E-state index contributed by atoms with van der Waals surface area (Å²) in [5.41, 5.74) is 7.41. The van der Waals surface area contributed by atoms with Crippen LogP contribution >= 0.6 is 15.9 Å². The van der Waals surface area contributed by atoms with Gasteiger partial charge >= 0.3 is 5.97 Å². The Morgan fingerprint density at radius 3 is 2.86 bits per heavy atom. The number of pyridine rings is 1. The number of carbonyl (C=O) groups excluding carboxylic acids is 1. The molecular weight excluding hydrogens is 336 g/mol. The molecule has 0 aliphatic rings. The van der Waals surface area contributed by atoms with Crippen LogP contribution in [0.25, 0.3) is 0 Å². The average molecular weight is 347 g/mol. The van der Waals surface area contributed by atoms with Gasteiger partial charge in [-0.25, -0.2) is 9.78 Å². The van der Waals surface area contributed by atoms with Crippen molar-refractivity contribution in [3.8, 4) is 6.07 Å². The molecule has 106 valence electrons. The van der Waals surface area contributed by atoms with E-state index in [0.717, 1.165) is 0 Å². The summed E-state index contributed by atoms with van der Waals surface area (Å²) >= 11 is 3.36. The number of nitriles is 1. The van der Waals surface area contributed by atoms with Crippen molar-refractivity contribution >= 4 is 39.1 Å². The minimum Gasteiger partial charge on any atom is -0.465 e. The molecule has 6 nitrogen and oxygen atoms in total. The SMILES string of the molecule is COC(=O)c1cc(Nc2ccc(C#N)cc2Br)ncc1N. The lowest BCUT2D eigenvalue weighted by Crippen LogP contribution is -2.07. The molecule has 0 atom stereocenters. The maximum Gasteiger partial charge on any atom is 0.340 e. The van der Waals surface area contributed by atoms with Crippen LogP contribution in [-0.2, 0) is 4.74 Å². The summed E-state index contributed by atoms with van der Waals surface area (Å²) in [6, 6.07) is 8.64. The van der Waals surface area contributed by atoms with Crippen LogP contribution in [-0.4, -0.2) is 18.1 Å². The highest BCUT2D eigenvalue weighted by Crippen LogP contribution is 2.27. The highest BCUT2D eigenvalue weighted by molar-refractivity contribution is 9.10. The summed E-state index contributed by atoms with van der Waals surface area (Å²) in [5, 5.41) is 11.9. The van der Waals surface area contributed by atoms with E-state index in [1.54, 1.807) is 18.2 Å². The molecule has 7 heteroatoms. The second-order valence-corrected chi connectivity index (χ2v) is 4.93. The normalized spacial score (nSPS) is 9.76. The number of halogens is 1. The molecule has 0 spiro atoms. The lowest BCUT2D eigenvalue weighted by Gasteiger charge is -2.10. The number of nitrogens with one attached hydrogen (secondary N) is 1. The highest BCUT2D eigenvalue weighted by atomic mass is 79.9. The minimum absolute atomic E-state index is 0.236. The number of nitrogens with two attached hydrogens (primary N) is 1. The zero-order valence-corrected chi connectivity index (χ0v) is 12.6. The largest absolute Gasteiger partial charge is 0.465 e. The first-order chi connectivity index (χ1) is 10.0. The molecule has 0 aliphatic heterocycles. The summed E-state index contributed by atoms with van der Waals surface area (Å²) < 4.78 is 5.36. The van der Waals surface area contributed by atoms with Gasteiger partial charge in [0.15, 0.2) is 0 Å². The molecule has 21 heavy (non-hydrogen) atoms. The van der Waals surface area contributed by atoms with Crippen molar-refractivity contribution in [2.24, 2.45) is 0 Å². The van der Waals surface area contributed by atoms with E-state index < -0.39 is 5.97 Å². The Kier molecular flexibility index (Phi) is 4.40. The van der Waals surface area contributed by atoms with Crippen LogP contribution in [0, 0.1) is 11.3 Å². The number of anilines is 3. The second kappa shape index (κ2) is 6.24. The van der Waals surface area contributed by atoms with E-state index in [1.807, 2.05) is 6.07 Å². The van der Waals surface area contributed by atoms with Crippen molar-refractivity contribution in [1.82, 2.24) is 4.98 Å². The number of carbonyl (C=O) groups is 1. The Bertz CT molecular complexity index is 740. The molecule has 0 radical (unpaired) electrons. The fraction of sp³-hybridized carbons (Fsp3) is 0.0714. The predicted octanol–water partition coefficient (Wildman–Crippen LogP) is 2.83. The van der Waals surface area contributed by atoms with Crippen LogP contribution in [0.2, 0.25) is 0 Å². The minimum atomic E-state index is -0.531. The maximum atomic E-state index is 11.6. The lowest BCUT2D eigenvalue weighted by molar-refractivity contribution is 0.0602. The molecular formula is C14H11BrN4O2. The lowest BCUT2D eigenvalue weighted by atomic mass is 10.2. The van der Waals surface area contributed by atoms with Crippen LogP contribution in [0.1, 0.15) is 15.9 Å². The van der Waals surface area contributed by atoms with E-state index in [9.17, 15) is 4.79 Å². The first-order valence-corrected chi connectivity index (χ1v) is 6.65. The number of nitrogen functional groups attached to an aromatic ring is 1. The van der Waals surface area contributed by atoms with Gasteiger partial charge in [0.1, 0.15) is 5.82 Å². The van der Waals surface area contributed by atoms with Gasteiger partial charge in [-0.15, -0.1) is 0 Å². The fourth-order valence-electron chi connectivity index (χ4n) is 1.65. The number of aromatic nitrogens is 1. The van der Waals surface area contributed by atoms with Crippen molar-refractivity contribution in [2.75, 3.05) is 18.2 Å². The van der Waals surface area contributed by atoms with Gasteiger partial charge in [-0.05, 0) is 40.2 Å². The van der Waals surface area contributed by atoms with Crippen molar-refractivity contribution in [3.63, 3.8) is 0 Å². The number of hydrogen-bond acceptors (Lipinski definition) is 6. The summed E-state index contributed by atoms with van der Waals surface area (Å²) in [5.74, 6) is -0.0909. The molecule has 2 aromatic rings. The Balaban J connectivity index is 2.32. The Morgan fingerprint density at radius 2 is 2.24 bits per heavy atom. The Morgan fingerprint density at radius 1 is 1.48 bits per heavy atom. The van der Waals surface area contributed by atoms with Gasteiger partial charge in [0.05, 0.1) is 41.9 Å². The van der Waals surface area contributed by atoms with Crippen molar-refractivity contribution in [1.29, 1.82) is 5.26 Å². The van der Waals surface area contributed by atoms with E-state index in [0.29, 0.717) is 21.5 Å². The maximum absolute atomic E-state index is 11.6. The van der Waals surface area contributed by atoms with Gasteiger partial charge in [-0.2, -0.15) is 5.26 Å². The van der Waals surface area contributed by atoms with Gasteiger partial charge in [-0.1, -0.05) is 0 Å². The summed E-state index contributed by atoms with van der Waals surface area (Å²) in [6.07, 6.45) is 1.38. The van der Waals surface area contributed by atoms with E-state index in [1.165, 1.54) is 19.4 Å². The van der Waals surface area contributed by atoms with Crippen molar-refractivity contribution in [3.05, 3.63) is 46.1 Å². The number of nitrogens with zero attached hydrogens (tertiary/aromatic N) is 2. The molecule has 2 rings (SSSR count). The molecule has 0 bridgehead atoms. The molecule has 1 aromatic carbocycles. The third kappa shape index (κ3) is 3.30. The number of esters is 1. The monoisotopic (exact) mass is 346 g/mol. The molecule has 0 fully saturated rings. The summed E-state index contributed by atoms with van der Waals surface area (Å²) in [7, 11) is 1.28. The molecule has 0 aliphatic carbocycles. The molecule has 0 saturated heterocycles. The van der Waals surface area contributed by atoms with E-state index in [4.69, 9.17) is 11.0 Å². The Labute approximate surface area is 129 Å². The number of ether oxygens (including phenoxy) is 1. The fourth-order valence-corrected chi connectivity index (χ4v) is 2.12. The van der Waals surface area contributed by atoms with Crippen molar-refractivity contribution in [2.45, 2.75) is 0 Å². The standard InChI is InChI=1S/C14H11BrN4O2/c1-21-14(20)9-5-13(18-7-11(9)17)19-12-3-2-8(6-16)4-10(12)15/h2-5,7H,17H2,1H3,(H,18,19). The highest BCUT2D eigenvalue weighted by Gasteiger charge is 2.12. The first kappa shape index (κ1) is 14.8. The number of benzene rings is 1. The molecule has 3 N–H and O–H groups in total. The molecule has 1 aromatic heterocycles. The van der Waals surface area contributed by atoms with E-state index in [2.05, 4.69) is 31.0 Å². The van der Waals surface area contributed by atoms with Crippen LogP contribution in [0.15, 0.2) is 34.9 Å². The van der Waals surface area contributed by atoms with Gasteiger partial charge in [0, 0.05) is 4.47 Å². The molecule has 0 saturated carbocycles. The van der Waals surface area contributed by atoms with Gasteiger partial charge in [0.25, 0.3) is 0 Å². The van der Waals surface area contributed by atoms with Crippen LogP contribution in [0.4, 0.5) is 17.2 Å². The van der Waals surface area contributed by atoms with Crippen LogP contribution in [0.3, 0.4) is 0 Å². The third-order valence-electron chi connectivity index (χ3n) is 2.70. The zero-order chi connectivity index (χ0) is 15.4. The van der Waals surface area contributed by atoms with Crippen LogP contribution in [0.5, 0.6) is 0 Å². The third-order valence-corrected chi connectivity index (χ3v) is 3.36. The van der Waals surface area contributed by atoms with E-state index in [-0.39, 0.29) is 11.3 Å². The predicted molar refractivity (Wildman–Crippen MR) is 82.1 cm³/mol. The Hall–Kier alpha value is -2.59. The topological polar surface area (TPSA) is 101 Å². The van der Waals surface area contributed by atoms with Gasteiger partial charge in [0.2, 0.25) is 0 Å². The number of methoxy groups -OCH3 is 1. The first-order valence-electron chi connectivity index (χ1n) is 5.85. The van der Waals surface area contributed by atoms with Crippen molar-refractivity contribution < 1.29 is 9.53 Å². The average Bonchev–Trinajstić information content (AvgIpc) is 2.50. The second-order valence-electron chi connectivity index (χ2n) is 4.08. The van der Waals surface area contributed by atoms with E-state index >= 15 is 0 Å². The molecule has 0 amide bonds. The number of rotatable bonds is 3.